The van der Waals surface area contributed by atoms with Gasteiger partial charge in [0.25, 0.3) is 5.91 Å². The largest absolute Gasteiger partial charge is 0.490 e. The first kappa shape index (κ1) is 17.7. The fourth-order valence-corrected chi connectivity index (χ4v) is 2.23. The molecular weight excluding hydrogens is 299 g/mol. The van der Waals surface area contributed by atoms with Crippen molar-refractivity contribution in [3.8, 4) is 5.75 Å². The Bertz CT molecular complexity index is 487. The van der Waals surface area contributed by atoms with E-state index in [2.05, 4.69) is 10.6 Å². The molecule has 118 valence electrons. The maximum atomic E-state index is 13.6. The summed E-state index contributed by atoms with van der Waals surface area (Å²) in [6, 6.07) is 4.25. The number of aliphatic hydroxyl groups excluding tert-OH is 1. The molecule has 3 N–H and O–H groups in total. The van der Waals surface area contributed by atoms with Crippen molar-refractivity contribution in [2.45, 2.75) is 13.0 Å². The van der Waals surface area contributed by atoms with Crippen LogP contribution in [-0.4, -0.2) is 43.4 Å². The summed E-state index contributed by atoms with van der Waals surface area (Å²) in [5.41, 5.74) is 0.173. The monoisotopic (exact) mass is 318 g/mol. The number of nitrogens with one attached hydrogen (secondary N) is 2. The van der Waals surface area contributed by atoms with Gasteiger partial charge in [0.15, 0.2) is 11.6 Å². The normalized spacial score (nSPS) is 20.7. The van der Waals surface area contributed by atoms with Gasteiger partial charge in [0, 0.05) is 25.6 Å². The molecule has 2 unspecified atom stereocenters. The van der Waals surface area contributed by atoms with Gasteiger partial charge in [0.1, 0.15) is 0 Å². The van der Waals surface area contributed by atoms with Gasteiger partial charge in [0.05, 0.1) is 18.3 Å². The Morgan fingerprint density at radius 1 is 1.52 bits per heavy atom. The van der Waals surface area contributed by atoms with Gasteiger partial charge >= 0.3 is 0 Å². The Labute approximate surface area is 129 Å². The maximum Gasteiger partial charge on any atom is 0.255 e. The standard InChI is InChI=1S/C14H19FN2O3.ClH/c1-2-20-13-10(4-3-5-11(13)15)14(19)17-7-9-6-16-8-12(9)18;/h3-5,9,12,16,18H,2,6-8H2,1H3,(H,17,19);1H. The average molecular weight is 319 g/mol. The van der Waals surface area contributed by atoms with Gasteiger partial charge in [-0.15, -0.1) is 12.4 Å². The number of hydrogen-bond donors (Lipinski definition) is 3. The van der Waals surface area contributed by atoms with Gasteiger partial charge in [-0.1, -0.05) is 6.07 Å². The first-order valence-corrected chi connectivity index (χ1v) is 6.71. The second kappa shape index (κ2) is 8.17. The zero-order valence-corrected chi connectivity index (χ0v) is 12.6. The molecule has 7 heteroatoms. The molecule has 2 atom stereocenters. The van der Waals surface area contributed by atoms with Gasteiger partial charge in [0.2, 0.25) is 0 Å². The minimum absolute atomic E-state index is 0. The van der Waals surface area contributed by atoms with Crippen molar-refractivity contribution < 1.29 is 19.0 Å². The molecule has 1 fully saturated rings. The highest BCUT2D eigenvalue weighted by molar-refractivity contribution is 5.97. The maximum absolute atomic E-state index is 13.6. The van der Waals surface area contributed by atoms with E-state index in [-0.39, 0.29) is 36.2 Å². The van der Waals surface area contributed by atoms with E-state index >= 15 is 0 Å². The highest BCUT2D eigenvalue weighted by atomic mass is 35.5. The number of carbonyl (C=O) groups excluding carboxylic acids is 1. The topological polar surface area (TPSA) is 70.6 Å². The number of hydrogen-bond acceptors (Lipinski definition) is 4. The van der Waals surface area contributed by atoms with E-state index in [9.17, 15) is 14.3 Å². The Balaban J connectivity index is 0.00000220. The van der Waals surface area contributed by atoms with Crippen LogP contribution in [0.15, 0.2) is 18.2 Å². The lowest BCUT2D eigenvalue weighted by atomic mass is 10.1. The predicted octanol–water partition coefficient (Wildman–Crippen LogP) is 0.956. The van der Waals surface area contributed by atoms with Crippen LogP contribution in [0.5, 0.6) is 5.75 Å². The van der Waals surface area contributed by atoms with E-state index in [4.69, 9.17) is 4.74 Å². The van der Waals surface area contributed by atoms with Crippen LogP contribution in [-0.2, 0) is 0 Å². The van der Waals surface area contributed by atoms with Crippen molar-refractivity contribution in [2.24, 2.45) is 5.92 Å². The molecule has 1 amide bonds. The van der Waals surface area contributed by atoms with Gasteiger partial charge in [-0.25, -0.2) is 4.39 Å². The Hall–Kier alpha value is -1.37. The number of halogens is 2. The summed E-state index contributed by atoms with van der Waals surface area (Å²) in [5.74, 6) is -1.00. The number of amides is 1. The van der Waals surface area contributed by atoms with Crippen LogP contribution in [0, 0.1) is 11.7 Å². The number of para-hydroxylation sites is 1. The molecule has 1 aliphatic rings. The molecule has 0 radical (unpaired) electrons. The van der Waals surface area contributed by atoms with Crippen molar-refractivity contribution >= 4 is 18.3 Å². The average Bonchev–Trinajstić information content (AvgIpc) is 2.84. The molecule has 1 saturated heterocycles. The van der Waals surface area contributed by atoms with Crippen molar-refractivity contribution in [3.63, 3.8) is 0 Å². The second-order valence-electron chi connectivity index (χ2n) is 4.75. The lowest BCUT2D eigenvalue weighted by Gasteiger charge is -2.15. The smallest absolute Gasteiger partial charge is 0.255 e. The Morgan fingerprint density at radius 3 is 2.90 bits per heavy atom. The third kappa shape index (κ3) is 4.30. The zero-order chi connectivity index (χ0) is 14.5. The van der Waals surface area contributed by atoms with E-state index in [1.54, 1.807) is 6.92 Å². The van der Waals surface area contributed by atoms with Crippen molar-refractivity contribution in [1.82, 2.24) is 10.6 Å². The van der Waals surface area contributed by atoms with Crippen molar-refractivity contribution in [3.05, 3.63) is 29.6 Å². The van der Waals surface area contributed by atoms with E-state index in [1.807, 2.05) is 0 Å². The molecule has 1 heterocycles. The SMILES string of the molecule is CCOc1c(F)cccc1C(=O)NCC1CNCC1O.Cl. The summed E-state index contributed by atoms with van der Waals surface area (Å²) < 4.78 is 18.8. The van der Waals surface area contributed by atoms with Crippen LogP contribution in [0.4, 0.5) is 4.39 Å². The van der Waals surface area contributed by atoms with Crippen molar-refractivity contribution in [2.75, 3.05) is 26.2 Å². The molecule has 0 saturated carbocycles. The molecule has 21 heavy (non-hydrogen) atoms. The molecule has 0 spiro atoms. The Kier molecular flexibility index (Phi) is 6.87. The molecule has 1 aromatic carbocycles. The van der Waals surface area contributed by atoms with Gasteiger partial charge < -0.3 is 20.5 Å². The first-order valence-electron chi connectivity index (χ1n) is 6.71. The Morgan fingerprint density at radius 2 is 2.29 bits per heavy atom. The predicted molar refractivity (Wildman–Crippen MR) is 79.5 cm³/mol. The summed E-state index contributed by atoms with van der Waals surface area (Å²) in [5, 5.41) is 15.4. The van der Waals surface area contributed by atoms with Crippen LogP contribution >= 0.6 is 12.4 Å². The van der Waals surface area contributed by atoms with E-state index in [1.165, 1.54) is 18.2 Å². The highest BCUT2D eigenvalue weighted by Gasteiger charge is 2.26. The second-order valence-corrected chi connectivity index (χ2v) is 4.75. The van der Waals surface area contributed by atoms with Gasteiger partial charge in [-0.2, -0.15) is 0 Å². The minimum Gasteiger partial charge on any atom is -0.490 e. The fraction of sp³-hybridized carbons (Fsp3) is 0.500. The van der Waals surface area contributed by atoms with Crippen LogP contribution < -0.4 is 15.4 Å². The summed E-state index contributed by atoms with van der Waals surface area (Å²) in [7, 11) is 0. The van der Waals surface area contributed by atoms with Gasteiger partial charge in [-0.05, 0) is 19.1 Å². The van der Waals surface area contributed by atoms with Crippen molar-refractivity contribution in [1.29, 1.82) is 0 Å². The summed E-state index contributed by atoms with van der Waals surface area (Å²) in [4.78, 5) is 12.1. The third-order valence-corrected chi connectivity index (χ3v) is 3.33. The summed E-state index contributed by atoms with van der Waals surface area (Å²) in [6.45, 7) is 3.55. The first-order chi connectivity index (χ1) is 9.63. The minimum atomic E-state index is -0.554. The van der Waals surface area contributed by atoms with Crippen LogP contribution in [0.25, 0.3) is 0 Å². The van der Waals surface area contributed by atoms with E-state index < -0.39 is 17.8 Å². The quantitative estimate of drug-likeness (QED) is 0.756. The number of rotatable bonds is 5. The van der Waals surface area contributed by atoms with E-state index in [0.29, 0.717) is 19.6 Å². The molecular formula is C14H20ClFN2O3. The number of β-amino-alcohol motifs (C(OH)–C–C–N with tert-alkyl or cyclic N) is 1. The van der Waals surface area contributed by atoms with Gasteiger partial charge in [-0.3, -0.25) is 4.79 Å². The molecule has 0 aromatic heterocycles. The third-order valence-electron chi connectivity index (χ3n) is 3.33. The molecule has 1 aliphatic heterocycles. The summed E-state index contributed by atoms with van der Waals surface area (Å²) >= 11 is 0. The molecule has 5 nitrogen and oxygen atoms in total. The number of benzene rings is 1. The highest BCUT2D eigenvalue weighted by Crippen LogP contribution is 2.22. The molecule has 0 bridgehead atoms. The van der Waals surface area contributed by atoms with Crippen LogP contribution in [0.2, 0.25) is 0 Å². The molecule has 2 rings (SSSR count). The number of ether oxygens (including phenoxy) is 1. The lowest BCUT2D eigenvalue weighted by Crippen LogP contribution is -2.34. The van der Waals surface area contributed by atoms with Crippen LogP contribution in [0.3, 0.4) is 0 Å². The molecule has 1 aromatic rings. The number of aliphatic hydroxyl groups is 1. The van der Waals surface area contributed by atoms with E-state index in [0.717, 1.165) is 0 Å². The summed E-state index contributed by atoms with van der Waals surface area (Å²) in [6.07, 6.45) is -0.464. The van der Waals surface area contributed by atoms with Crippen LogP contribution in [0.1, 0.15) is 17.3 Å². The zero-order valence-electron chi connectivity index (χ0n) is 11.8. The lowest BCUT2D eigenvalue weighted by molar-refractivity contribution is 0.0922. The number of carbonyl (C=O) groups is 1. The molecule has 0 aliphatic carbocycles. The fourth-order valence-electron chi connectivity index (χ4n) is 2.23.